The standard InChI is InChI=1S/C18H17N3O7S/c1-3-27-9-8-20-12-5-4-11(17(23)26-2)10-14(12)29-18(20)19-16(22)13-6-7-15(28-13)21(24)25/h4-7,10H,3,8-9H2,1-2H3. The lowest BCUT2D eigenvalue weighted by Crippen LogP contribution is -2.19. The zero-order valence-corrected chi connectivity index (χ0v) is 16.4. The van der Waals surface area contributed by atoms with Gasteiger partial charge in [0.15, 0.2) is 4.80 Å². The third kappa shape index (κ3) is 4.41. The maximum Gasteiger partial charge on any atom is 0.433 e. The highest BCUT2D eigenvalue weighted by Gasteiger charge is 2.18. The lowest BCUT2D eigenvalue weighted by Gasteiger charge is -2.06. The monoisotopic (exact) mass is 419 g/mol. The number of aromatic nitrogens is 1. The number of esters is 1. The molecule has 11 heteroatoms. The van der Waals surface area contributed by atoms with E-state index in [-0.39, 0.29) is 5.76 Å². The van der Waals surface area contributed by atoms with Gasteiger partial charge in [0, 0.05) is 13.2 Å². The van der Waals surface area contributed by atoms with Crippen LogP contribution in [0.3, 0.4) is 0 Å². The second kappa shape index (κ2) is 8.80. The van der Waals surface area contributed by atoms with Crippen molar-refractivity contribution in [3.63, 3.8) is 0 Å². The predicted molar refractivity (Wildman–Crippen MR) is 103 cm³/mol. The van der Waals surface area contributed by atoms with Crippen LogP contribution in [-0.4, -0.2) is 41.7 Å². The van der Waals surface area contributed by atoms with E-state index in [0.29, 0.717) is 30.1 Å². The quantitative estimate of drug-likeness (QED) is 0.249. The third-order valence-corrected chi connectivity index (χ3v) is 4.99. The minimum absolute atomic E-state index is 0.235. The van der Waals surface area contributed by atoms with E-state index >= 15 is 0 Å². The molecular formula is C18H17N3O7S. The van der Waals surface area contributed by atoms with Gasteiger partial charge < -0.3 is 18.5 Å². The normalized spacial score (nSPS) is 11.7. The van der Waals surface area contributed by atoms with Gasteiger partial charge in [0.2, 0.25) is 5.76 Å². The van der Waals surface area contributed by atoms with Crippen molar-refractivity contribution in [2.24, 2.45) is 4.99 Å². The number of furan rings is 1. The zero-order valence-electron chi connectivity index (χ0n) is 15.6. The highest BCUT2D eigenvalue weighted by molar-refractivity contribution is 7.16. The maximum atomic E-state index is 12.4. The Balaban J connectivity index is 2.06. The van der Waals surface area contributed by atoms with Crippen LogP contribution in [-0.2, 0) is 16.0 Å². The molecule has 1 amide bonds. The van der Waals surface area contributed by atoms with Crippen molar-refractivity contribution in [1.29, 1.82) is 0 Å². The first kappa shape index (κ1) is 20.4. The van der Waals surface area contributed by atoms with E-state index in [2.05, 4.69) is 4.99 Å². The molecule has 0 radical (unpaired) electrons. The largest absolute Gasteiger partial charge is 0.465 e. The number of methoxy groups -OCH3 is 1. The van der Waals surface area contributed by atoms with Crippen molar-refractivity contribution >= 4 is 39.3 Å². The molecule has 0 N–H and O–H groups in total. The Morgan fingerprint density at radius 2 is 2.10 bits per heavy atom. The molecule has 0 aliphatic carbocycles. The molecule has 1 aromatic carbocycles. The maximum absolute atomic E-state index is 12.4. The average Bonchev–Trinajstić information content (AvgIpc) is 3.33. The average molecular weight is 419 g/mol. The molecule has 0 atom stereocenters. The number of benzene rings is 1. The van der Waals surface area contributed by atoms with Gasteiger partial charge in [-0.1, -0.05) is 11.3 Å². The van der Waals surface area contributed by atoms with Crippen LogP contribution in [0, 0.1) is 10.1 Å². The van der Waals surface area contributed by atoms with Gasteiger partial charge in [0.25, 0.3) is 0 Å². The summed E-state index contributed by atoms with van der Waals surface area (Å²) >= 11 is 1.20. The predicted octanol–water partition coefficient (Wildman–Crippen LogP) is 2.77. The third-order valence-electron chi connectivity index (χ3n) is 3.95. The summed E-state index contributed by atoms with van der Waals surface area (Å²) in [4.78, 5) is 38.7. The Hall–Kier alpha value is -3.31. The molecule has 3 rings (SSSR count). The second-order valence-corrected chi connectivity index (χ2v) is 6.73. The van der Waals surface area contributed by atoms with Crippen molar-refractivity contribution in [2.75, 3.05) is 20.3 Å². The topological polar surface area (TPSA) is 126 Å². The number of ether oxygens (including phenoxy) is 2. The highest BCUT2D eigenvalue weighted by Crippen LogP contribution is 2.21. The van der Waals surface area contributed by atoms with Gasteiger partial charge in [-0.15, -0.1) is 0 Å². The Bertz CT molecular complexity index is 1140. The summed E-state index contributed by atoms with van der Waals surface area (Å²) in [6, 6.07) is 7.33. The molecule has 2 aromatic heterocycles. The fraction of sp³-hybridized carbons (Fsp3) is 0.278. The number of amides is 1. The fourth-order valence-electron chi connectivity index (χ4n) is 2.60. The number of fused-ring (bicyclic) bond motifs is 1. The Kier molecular flexibility index (Phi) is 6.20. The summed E-state index contributed by atoms with van der Waals surface area (Å²) in [6.07, 6.45) is 0. The van der Waals surface area contributed by atoms with E-state index in [1.807, 2.05) is 6.92 Å². The van der Waals surface area contributed by atoms with Crippen molar-refractivity contribution in [2.45, 2.75) is 13.5 Å². The first-order chi connectivity index (χ1) is 13.9. The number of nitrogens with zero attached hydrogens (tertiary/aromatic N) is 3. The molecule has 0 fully saturated rings. The van der Waals surface area contributed by atoms with Gasteiger partial charge >= 0.3 is 17.8 Å². The van der Waals surface area contributed by atoms with Crippen LogP contribution < -0.4 is 4.80 Å². The van der Waals surface area contributed by atoms with E-state index in [1.165, 1.54) is 24.5 Å². The molecule has 0 saturated carbocycles. The summed E-state index contributed by atoms with van der Waals surface area (Å²) in [5, 5.41) is 10.7. The number of carbonyl (C=O) groups is 2. The molecule has 0 unspecified atom stereocenters. The van der Waals surface area contributed by atoms with Crippen molar-refractivity contribution in [3.8, 4) is 0 Å². The SMILES string of the molecule is CCOCCn1c(=NC(=O)c2ccc([N+](=O)[O-])o2)sc2cc(C(=O)OC)ccc21. The van der Waals surface area contributed by atoms with E-state index in [4.69, 9.17) is 13.9 Å². The number of rotatable bonds is 7. The van der Waals surface area contributed by atoms with Crippen LogP contribution >= 0.6 is 11.3 Å². The molecule has 0 saturated heterocycles. The molecule has 0 bridgehead atoms. The van der Waals surface area contributed by atoms with Crippen molar-refractivity contribution in [1.82, 2.24) is 4.57 Å². The fourth-order valence-corrected chi connectivity index (χ4v) is 3.70. The highest BCUT2D eigenvalue weighted by atomic mass is 32.1. The smallest absolute Gasteiger partial charge is 0.433 e. The molecule has 10 nitrogen and oxygen atoms in total. The van der Waals surface area contributed by atoms with E-state index in [0.717, 1.165) is 16.3 Å². The van der Waals surface area contributed by atoms with Gasteiger partial charge in [-0.3, -0.25) is 14.9 Å². The van der Waals surface area contributed by atoms with Crippen LogP contribution in [0.1, 0.15) is 27.8 Å². The number of thiazole rings is 1. The van der Waals surface area contributed by atoms with E-state index in [9.17, 15) is 19.7 Å². The Morgan fingerprint density at radius 3 is 2.76 bits per heavy atom. The summed E-state index contributed by atoms with van der Waals surface area (Å²) in [5.74, 6) is -1.99. The molecule has 0 spiro atoms. The minimum Gasteiger partial charge on any atom is -0.465 e. The van der Waals surface area contributed by atoms with Crippen LogP contribution in [0.4, 0.5) is 5.88 Å². The zero-order chi connectivity index (χ0) is 21.0. The van der Waals surface area contributed by atoms with Gasteiger partial charge in [-0.05, 0) is 31.2 Å². The van der Waals surface area contributed by atoms with E-state index in [1.54, 1.807) is 22.8 Å². The summed E-state index contributed by atoms with van der Waals surface area (Å²) in [6.45, 7) is 3.23. The van der Waals surface area contributed by atoms with Crippen molar-refractivity contribution in [3.05, 3.63) is 56.6 Å². The molecule has 0 aliphatic heterocycles. The Labute approximate surface area is 168 Å². The molecule has 2 heterocycles. The number of hydrogen-bond donors (Lipinski definition) is 0. The first-order valence-corrected chi connectivity index (χ1v) is 9.39. The lowest BCUT2D eigenvalue weighted by atomic mass is 10.2. The van der Waals surface area contributed by atoms with Gasteiger partial charge in [-0.25, -0.2) is 4.79 Å². The molecule has 3 aromatic rings. The van der Waals surface area contributed by atoms with Gasteiger partial charge in [0.05, 0.1) is 35.6 Å². The van der Waals surface area contributed by atoms with Gasteiger partial charge in [0.1, 0.15) is 4.92 Å². The number of nitro groups is 1. The summed E-state index contributed by atoms with van der Waals surface area (Å²) in [5.41, 5.74) is 1.14. The van der Waals surface area contributed by atoms with Crippen LogP contribution in [0.5, 0.6) is 0 Å². The summed E-state index contributed by atoms with van der Waals surface area (Å²) < 4.78 is 17.6. The van der Waals surface area contributed by atoms with E-state index < -0.39 is 22.7 Å². The van der Waals surface area contributed by atoms with Crippen LogP contribution in [0.15, 0.2) is 39.7 Å². The Morgan fingerprint density at radius 1 is 1.31 bits per heavy atom. The van der Waals surface area contributed by atoms with Crippen molar-refractivity contribution < 1.29 is 28.4 Å². The van der Waals surface area contributed by atoms with Crippen LogP contribution in [0.25, 0.3) is 10.2 Å². The lowest BCUT2D eigenvalue weighted by molar-refractivity contribution is -0.402. The summed E-state index contributed by atoms with van der Waals surface area (Å²) in [7, 11) is 1.30. The van der Waals surface area contributed by atoms with Gasteiger partial charge in [-0.2, -0.15) is 4.99 Å². The second-order valence-electron chi connectivity index (χ2n) is 5.72. The molecule has 29 heavy (non-hydrogen) atoms. The first-order valence-electron chi connectivity index (χ1n) is 8.57. The molecular weight excluding hydrogens is 402 g/mol. The number of carbonyl (C=O) groups excluding carboxylic acids is 2. The minimum atomic E-state index is -0.747. The molecule has 0 aliphatic rings. The van der Waals surface area contributed by atoms with Crippen LogP contribution in [0.2, 0.25) is 0 Å². The number of hydrogen-bond acceptors (Lipinski definition) is 8. The molecule has 152 valence electrons.